The molecule has 7 nitrogen and oxygen atoms in total. The number of aromatic nitrogens is 2. The van der Waals surface area contributed by atoms with Gasteiger partial charge in [-0.3, -0.25) is 0 Å². The first-order valence-corrected chi connectivity index (χ1v) is 14.9. The lowest BCUT2D eigenvalue weighted by Gasteiger charge is -2.25. The van der Waals surface area contributed by atoms with Gasteiger partial charge in [0.2, 0.25) is 0 Å². The van der Waals surface area contributed by atoms with Gasteiger partial charge in [0.15, 0.2) is 0 Å². The van der Waals surface area contributed by atoms with Crippen molar-refractivity contribution in [3.63, 3.8) is 0 Å². The van der Waals surface area contributed by atoms with E-state index >= 15 is 0 Å². The average molecular weight is 595 g/mol. The molecular weight excluding hydrogens is 559 g/mol. The molecular formula is C33H36ClFN2O5. The maximum absolute atomic E-state index is 14.4. The van der Waals surface area contributed by atoms with E-state index in [1.54, 1.807) is 25.3 Å². The third-order valence-electron chi connectivity index (χ3n) is 8.51. The summed E-state index contributed by atoms with van der Waals surface area (Å²) >= 11 is 6.75. The van der Waals surface area contributed by atoms with Gasteiger partial charge in [-0.25, -0.2) is 4.39 Å². The molecule has 6 rings (SSSR count). The molecule has 3 aromatic carbocycles. The van der Waals surface area contributed by atoms with Crippen LogP contribution in [0.1, 0.15) is 42.7 Å². The topological polar surface area (TPSA) is 78.0 Å². The van der Waals surface area contributed by atoms with Crippen LogP contribution in [0.5, 0.6) is 11.5 Å². The minimum Gasteiger partial charge on any atom is -0.496 e. The normalized spacial score (nSPS) is 15.2. The molecule has 42 heavy (non-hydrogen) atoms. The summed E-state index contributed by atoms with van der Waals surface area (Å²) in [5.41, 5.74) is 6.70. The number of hydrogen-bond donors (Lipinski definition) is 2. The van der Waals surface area contributed by atoms with E-state index in [1.807, 2.05) is 12.1 Å². The molecule has 0 saturated heterocycles. The zero-order valence-electron chi connectivity index (χ0n) is 24.2. The van der Waals surface area contributed by atoms with E-state index in [9.17, 15) is 14.6 Å². The van der Waals surface area contributed by atoms with Crippen LogP contribution >= 0.6 is 11.6 Å². The molecule has 1 unspecified atom stereocenters. The maximum Gasteiger partial charge on any atom is 0.134 e. The van der Waals surface area contributed by atoms with Gasteiger partial charge < -0.3 is 33.6 Å². The third-order valence-corrected chi connectivity index (χ3v) is 8.80. The van der Waals surface area contributed by atoms with Gasteiger partial charge in [0, 0.05) is 52.6 Å². The maximum atomic E-state index is 14.4. The van der Waals surface area contributed by atoms with Gasteiger partial charge in [-0.2, -0.15) is 0 Å². The van der Waals surface area contributed by atoms with Crippen LogP contribution in [0.2, 0.25) is 5.02 Å². The van der Waals surface area contributed by atoms with Crippen LogP contribution in [0.3, 0.4) is 0 Å². The number of methoxy groups -OCH3 is 1. The lowest BCUT2D eigenvalue weighted by atomic mass is 9.92. The second-order valence-corrected chi connectivity index (χ2v) is 11.1. The fourth-order valence-corrected chi connectivity index (χ4v) is 7.11. The summed E-state index contributed by atoms with van der Waals surface area (Å²) in [5, 5.41) is 22.7. The van der Waals surface area contributed by atoms with E-state index in [0.29, 0.717) is 35.1 Å². The number of ether oxygens (including phenoxy) is 3. The molecule has 2 aromatic heterocycles. The molecule has 0 spiro atoms. The Balaban J connectivity index is 1.38. The minimum atomic E-state index is -0.309. The number of fused-ring (bicyclic) bond motifs is 6. The second-order valence-electron chi connectivity index (χ2n) is 10.7. The van der Waals surface area contributed by atoms with Crippen LogP contribution in [0, 0.1) is 5.82 Å². The van der Waals surface area contributed by atoms with Gasteiger partial charge in [0.25, 0.3) is 0 Å². The molecule has 2 heterocycles. The van der Waals surface area contributed by atoms with Crippen molar-refractivity contribution in [3.8, 4) is 11.5 Å². The predicted octanol–water partition coefficient (Wildman–Crippen LogP) is 6.53. The highest BCUT2D eigenvalue weighted by atomic mass is 35.5. The highest BCUT2D eigenvalue weighted by Gasteiger charge is 2.30. The number of nitrogens with zero attached hydrogens (tertiary/aromatic N) is 2. The molecule has 0 bridgehead atoms. The first kappa shape index (κ1) is 28.8. The van der Waals surface area contributed by atoms with Gasteiger partial charge in [-0.15, -0.1) is 0 Å². The lowest BCUT2D eigenvalue weighted by Crippen LogP contribution is -2.23. The van der Waals surface area contributed by atoms with E-state index in [1.165, 1.54) is 11.8 Å². The number of hydrogen-bond acceptors (Lipinski definition) is 5. The molecule has 5 aromatic rings. The summed E-state index contributed by atoms with van der Waals surface area (Å²) in [4.78, 5) is 0. The summed E-state index contributed by atoms with van der Waals surface area (Å²) in [6, 6.07) is 10.7. The van der Waals surface area contributed by atoms with Crippen LogP contribution in [0.15, 0.2) is 36.4 Å². The largest absolute Gasteiger partial charge is 0.496 e. The lowest BCUT2D eigenvalue weighted by molar-refractivity contribution is 0.0304. The summed E-state index contributed by atoms with van der Waals surface area (Å²) in [6.45, 7) is 5.79. The van der Waals surface area contributed by atoms with E-state index in [4.69, 9.17) is 25.8 Å². The van der Waals surface area contributed by atoms with Crippen LogP contribution in [0.4, 0.5) is 4.39 Å². The highest BCUT2D eigenvalue weighted by Crippen LogP contribution is 2.44. The van der Waals surface area contributed by atoms with Crippen LogP contribution in [-0.4, -0.2) is 45.8 Å². The Hall–Kier alpha value is -3.30. The van der Waals surface area contributed by atoms with Crippen molar-refractivity contribution in [1.29, 1.82) is 0 Å². The monoisotopic (exact) mass is 594 g/mol. The van der Waals surface area contributed by atoms with E-state index < -0.39 is 0 Å². The van der Waals surface area contributed by atoms with Crippen molar-refractivity contribution in [2.45, 2.75) is 65.5 Å². The molecule has 222 valence electrons. The van der Waals surface area contributed by atoms with Crippen LogP contribution < -0.4 is 9.47 Å². The summed E-state index contributed by atoms with van der Waals surface area (Å²) < 4.78 is 37.3. The van der Waals surface area contributed by atoms with Crippen molar-refractivity contribution < 1.29 is 28.8 Å². The van der Waals surface area contributed by atoms with Crippen molar-refractivity contribution in [3.05, 3.63) is 69.6 Å². The third kappa shape index (κ3) is 4.61. The molecule has 0 radical (unpaired) electrons. The quantitative estimate of drug-likeness (QED) is 0.192. The number of rotatable bonds is 10. The van der Waals surface area contributed by atoms with Gasteiger partial charge in [-0.1, -0.05) is 17.7 Å². The number of aliphatic hydroxyl groups excluding tert-OH is 2. The first-order chi connectivity index (χ1) is 20.4. The van der Waals surface area contributed by atoms with E-state index in [2.05, 4.69) is 23.0 Å². The number of halogens is 2. The fourth-order valence-electron chi connectivity index (χ4n) is 6.78. The zero-order valence-corrected chi connectivity index (χ0v) is 24.9. The Morgan fingerprint density at radius 2 is 1.76 bits per heavy atom. The molecule has 0 fully saturated rings. The molecule has 0 amide bonds. The summed E-state index contributed by atoms with van der Waals surface area (Å²) in [6.07, 6.45) is 2.28. The number of benzene rings is 3. The van der Waals surface area contributed by atoms with Crippen molar-refractivity contribution in [2.24, 2.45) is 0 Å². The summed E-state index contributed by atoms with van der Waals surface area (Å²) in [5.74, 6) is 0.965. The molecule has 9 heteroatoms. The van der Waals surface area contributed by atoms with Crippen LogP contribution in [0.25, 0.3) is 32.7 Å². The number of aryl methyl sites for hydroxylation is 2. The molecule has 2 N–H and O–H groups in total. The smallest absolute Gasteiger partial charge is 0.134 e. The zero-order chi connectivity index (χ0) is 29.5. The summed E-state index contributed by atoms with van der Waals surface area (Å²) in [7, 11) is 1.62. The Morgan fingerprint density at radius 3 is 2.48 bits per heavy atom. The average Bonchev–Trinajstić information content (AvgIpc) is 3.51. The van der Waals surface area contributed by atoms with Gasteiger partial charge >= 0.3 is 0 Å². The molecule has 1 aliphatic rings. The first-order valence-electron chi connectivity index (χ1n) is 14.5. The molecule has 0 saturated carbocycles. The standard InChI is InChI=1S/C33H36ClFN2O5/c1-4-36-26-10-7-21(35)15-23(26)29-28(36)9-6-19(33(29)41-13-12-38)18-42-22-8-11-27-24(16-22)30-31(37(27)5-2)25(34)14-20(17-39)32(30)40-3/h6-7,9-10,14-15,22,38-39H,4-5,8,11-13,16-18H2,1-3H3. The van der Waals surface area contributed by atoms with Crippen LogP contribution in [-0.2, 0) is 43.9 Å². The van der Waals surface area contributed by atoms with Crippen molar-refractivity contribution in [1.82, 2.24) is 9.13 Å². The van der Waals surface area contributed by atoms with Gasteiger partial charge in [0.05, 0.1) is 54.5 Å². The highest BCUT2D eigenvalue weighted by molar-refractivity contribution is 6.35. The Labute approximate surface area is 249 Å². The molecule has 1 atom stereocenters. The van der Waals surface area contributed by atoms with Gasteiger partial charge in [0.1, 0.15) is 23.9 Å². The predicted molar refractivity (Wildman–Crippen MR) is 163 cm³/mol. The number of aliphatic hydroxyl groups is 2. The second kappa shape index (κ2) is 11.8. The Bertz CT molecular complexity index is 1790. The SMILES string of the molecule is CCn1c2c(c3c(OC)c(CO)cc(Cl)c31)CC(OCc1ccc3c(c1OCCO)c1cc(F)ccc1n3CC)CC2. The van der Waals surface area contributed by atoms with Gasteiger partial charge in [-0.05, 0) is 62.6 Å². The van der Waals surface area contributed by atoms with E-state index in [-0.39, 0.29) is 31.7 Å². The van der Waals surface area contributed by atoms with Crippen molar-refractivity contribution in [2.75, 3.05) is 20.3 Å². The molecule has 0 aliphatic heterocycles. The Morgan fingerprint density at radius 1 is 0.976 bits per heavy atom. The minimum absolute atomic E-state index is 0.0644. The van der Waals surface area contributed by atoms with Crippen molar-refractivity contribution >= 4 is 44.3 Å². The fraction of sp³-hybridized carbons (Fsp3) is 0.394. The van der Waals surface area contributed by atoms with E-state index in [0.717, 1.165) is 69.8 Å². The molecule has 1 aliphatic carbocycles. The Kier molecular flexibility index (Phi) is 8.07.